The summed E-state index contributed by atoms with van der Waals surface area (Å²) in [6.07, 6.45) is 5.55. The van der Waals surface area contributed by atoms with Crippen LogP contribution in [0.4, 0.5) is 5.69 Å². The van der Waals surface area contributed by atoms with Crippen molar-refractivity contribution in [1.82, 2.24) is 14.9 Å². The second-order valence-electron chi connectivity index (χ2n) is 9.75. The molecule has 1 fully saturated rings. The first-order valence-electron chi connectivity index (χ1n) is 11.7. The minimum atomic E-state index is -0.184. The Morgan fingerprint density at radius 1 is 1.09 bits per heavy atom. The summed E-state index contributed by atoms with van der Waals surface area (Å²) in [6, 6.07) is 0. The van der Waals surface area contributed by atoms with E-state index in [0.717, 1.165) is 58.4 Å². The number of hydrogen-bond acceptors (Lipinski definition) is 6. The fourth-order valence-electron chi connectivity index (χ4n) is 4.02. The maximum absolute atomic E-state index is 12.6. The predicted molar refractivity (Wildman–Crippen MR) is 136 cm³/mol. The summed E-state index contributed by atoms with van der Waals surface area (Å²) in [4.78, 5) is 32.8. The standard InChI is InChI=1S/C22H42N10O/c1-22(2,3)19-29-14-17(18(33)30-19)32-12-6-16(7-13-32)15-31(10-4-8-27-20(23)24)11-5-9-28-21(25)26/h14,16H,4-13,15H2,1-3H3,(H4,23,24,27)(H4,25,26,28)(H,29,30,33). The third-order valence-electron chi connectivity index (χ3n) is 5.82. The molecule has 1 saturated heterocycles. The molecule has 186 valence electrons. The Balaban J connectivity index is 1.90. The van der Waals surface area contributed by atoms with Crippen LogP contribution in [-0.4, -0.2) is 72.6 Å². The Bertz CT molecular complexity index is 817. The summed E-state index contributed by atoms with van der Waals surface area (Å²) in [5.41, 5.74) is 22.1. The number of nitrogens with two attached hydrogens (primary N) is 4. The van der Waals surface area contributed by atoms with Crippen LogP contribution in [0.1, 0.15) is 52.3 Å². The van der Waals surface area contributed by atoms with Gasteiger partial charge in [-0.05, 0) is 44.7 Å². The number of aliphatic imine (C=N–C) groups is 2. The van der Waals surface area contributed by atoms with Crippen molar-refractivity contribution in [2.45, 2.75) is 51.9 Å². The van der Waals surface area contributed by atoms with Crippen molar-refractivity contribution in [3.8, 4) is 0 Å². The number of guanidine groups is 2. The number of nitrogens with zero attached hydrogens (tertiary/aromatic N) is 5. The molecule has 0 saturated carbocycles. The number of piperidine rings is 1. The lowest BCUT2D eigenvalue weighted by Crippen LogP contribution is -2.41. The van der Waals surface area contributed by atoms with Gasteiger partial charge < -0.3 is 37.7 Å². The average molecular weight is 463 g/mol. The van der Waals surface area contributed by atoms with Crippen LogP contribution in [0.25, 0.3) is 0 Å². The summed E-state index contributed by atoms with van der Waals surface area (Å²) in [5, 5.41) is 0. The number of hydrogen-bond donors (Lipinski definition) is 5. The molecule has 0 bridgehead atoms. The molecule has 1 aromatic rings. The van der Waals surface area contributed by atoms with E-state index < -0.39 is 0 Å². The van der Waals surface area contributed by atoms with Crippen molar-refractivity contribution in [3.63, 3.8) is 0 Å². The minimum Gasteiger partial charge on any atom is -0.370 e. The Labute approximate surface area is 196 Å². The van der Waals surface area contributed by atoms with Crippen molar-refractivity contribution in [2.75, 3.05) is 50.7 Å². The van der Waals surface area contributed by atoms with E-state index in [1.165, 1.54) is 0 Å². The lowest BCUT2D eigenvalue weighted by atomic mass is 9.95. The van der Waals surface area contributed by atoms with Crippen molar-refractivity contribution >= 4 is 17.6 Å². The molecule has 11 nitrogen and oxygen atoms in total. The largest absolute Gasteiger partial charge is 0.370 e. The smallest absolute Gasteiger partial charge is 0.274 e. The van der Waals surface area contributed by atoms with Crippen LogP contribution in [0.3, 0.4) is 0 Å². The van der Waals surface area contributed by atoms with Gasteiger partial charge >= 0.3 is 0 Å². The third-order valence-corrected chi connectivity index (χ3v) is 5.82. The van der Waals surface area contributed by atoms with Gasteiger partial charge in [-0.2, -0.15) is 0 Å². The molecular formula is C22H42N10O. The minimum absolute atomic E-state index is 0.0607. The first-order chi connectivity index (χ1) is 15.6. The van der Waals surface area contributed by atoms with E-state index in [9.17, 15) is 4.79 Å². The van der Waals surface area contributed by atoms with E-state index in [1.54, 1.807) is 6.20 Å². The van der Waals surface area contributed by atoms with Crippen molar-refractivity contribution in [2.24, 2.45) is 38.8 Å². The summed E-state index contributed by atoms with van der Waals surface area (Å²) in [5.74, 6) is 1.53. The van der Waals surface area contributed by atoms with Crippen LogP contribution < -0.4 is 33.4 Å². The highest BCUT2D eigenvalue weighted by atomic mass is 16.1. The van der Waals surface area contributed by atoms with Crippen LogP contribution in [0, 0.1) is 5.92 Å². The van der Waals surface area contributed by atoms with Gasteiger partial charge in [0.15, 0.2) is 11.9 Å². The summed E-state index contributed by atoms with van der Waals surface area (Å²) < 4.78 is 0. The van der Waals surface area contributed by atoms with E-state index in [0.29, 0.717) is 30.5 Å². The number of aromatic amines is 1. The van der Waals surface area contributed by atoms with Gasteiger partial charge in [0.05, 0.1) is 6.20 Å². The molecule has 0 amide bonds. The first-order valence-corrected chi connectivity index (χ1v) is 11.7. The van der Waals surface area contributed by atoms with Gasteiger partial charge in [0.25, 0.3) is 5.56 Å². The zero-order chi connectivity index (χ0) is 24.4. The molecule has 1 aliphatic rings. The molecule has 0 atom stereocenters. The lowest BCUT2D eigenvalue weighted by molar-refractivity contribution is 0.209. The quantitative estimate of drug-likeness (QED) is 0.172. The second kappa shape index (κ2) is 12.4. The highest BCUT2D eigenvalue weighted by Gasteiger charge is 2.24. The lowest BCUT2D eigenvalue weighted by Gasteiger charge is -2.35. The van der Waals surface area contributed by atoms with E-state index in [4.69, 9.17) is 22.9 Å². The number of nitrogens with one attached hydrogen (secondary N) is 1. The number of aromatic nitrogens is 2. The Kier molecular flexibility index (Phi) is 9.95. The van der Waals surface area contributed by atoms with Crippen molar-refractivity contribution < 1.29 is 0 Å². The SMILES string of the molecule is CC(C)(C)c1ncc(N2CCC(CN(CCCN=C(N)N)CCCN=C(N)N)CC2)c(=O)[nH]1. The molecule has 33 heavy (non-hydrogen) atoms. The zero-order valence-corrected chi connectivity index (χ0v) is 20.4. The van der Waals surface area contributed by atoms with Crippen LogP contribution in [-0.2, 0) is 5.41 Å². The molecule has 1 aromatic heterocycles. The summed E-state index contributed by atoms with van der Waals surface area (Å²) >= 11 is 0. The fourth-order valence-corrected chi connectivity index (χ4v) is 4.02. The average Bonchev–Trinajstić information content (AvgIpc) is 2.73. The van der Waals surface area contributed by atoms with Crippen molar-refractivity contribution in [1.29, 1.82) is 0 Å². The molecule has 1 aliphatic heterocycles. The number of anilines is 1. The van der Waals surface area contributed by atoms with Gasteiger partial charge in [-0.15, -0.1) is 0 Å². The second-order valence-corrected chi connectivity index (χ2v) is 9.75. The molecule has 0 radical (unpaired) electrons. The number of rotatable bonds is 11. The Hall–Kier alpha value is -2.82. The summed E-state index contributed by atoms with van der Waals surface area (Å²) in [6.45, 7) is 11.9. The van der Waals surface area contributed by atoms with E-state index in [-0.39, 0.29) is 22.9 Å². The maximum Gasteiger partial charge on any atom is 0.274 e. The van der Waals surface area contributed by atoms with E-state index in [2.05, 4.69) is 29.8 Å². The third kappa shape index (κ3) is 9.29. The van der Waals surface area contributed by atoms with Crippen molar-refractivity contribution in [3.05, 3.63) is 22.4 Å². The topological polar surface area (TPSA) is 181 Å². The van der Waals surface area contributed by atoms with Gasteiger partial charge in [0.2, 0.25) is 0 Å². The highest BCUT2D eigenvalue weighted by molar-refractivity contribution is 5.75. The van der Waals surface area contributed by atoms with Gasteiger partial charge in [-0.25, -0.2) is 4.98 Å². The maximum atomic E-state index is 12.6. The molecule has 0 aliphatic carbocycles. The molecule has 2 rings (SSSR count). The molecule has 0 unspecified atom stereocenters. The molecule has 0 spiro atoms. The fraction of sp³-hybridized carbons (Fsp3) is 0.727. The number of H-pyrrole nitrogens is 1. The molecule has 9 N–H and O–H groups in total. The van der Waals surface area contributed by atoms with Crippen LogP contribution >= 0.6 is 0 Å². The van der Waals surface area contributed by atoms with E-state index in [1.807, 2.05) is 20.8 Å². The van der Waals surface area contributed by atoms with Gasteiger partial charge in [0.1, 0.15) is 11.5 Å². The van der Waals surface area contributed by atoms with Crippen LogP contribution in [0.2, 0.25) is 0 Å². The van der Waals surface area contributed by atoms with Gasteiger partial charge in [-0.1, -0.05) is 20.8 Å². The highest BCUT2D eigenvalue weighted by Crippen LogP contribution is 2.23. The predicted octanol–water partition coefficient (Wildman–Crippen LogP) is -0.0872. The molecular weight excluding hydrogens is 420 g/mol. The van der Waals surface area contributed by atoms with E-state index >= 15 is 0 Å². The monoisotopic (exact) mass is 462 g/mol. The first kappa shape index (κ1) is 26.4. The Morgan fingerprint density at radius 3 is 2.09 bits per heavy atom. The molecule has 11 heteroatoms. The summed E-state index contributed by atoms with van der Waals surface area (Å²) in [7, 11) is 0. The van der Waals surface area contributed by atoms with Gasteiger partial charge in [0, 0.05) is 38.1 Å². The van der Waals surface area contributed by atoms with Gasteiger partial charge in [-0.3, -0.25) is 14.8 Å². The normalized spacial score (nSPS) is 15.0. The molecule has 2 heterocycles. The molecule has 0 aromatic carbocycles. The zero-order valence-electron chi connectivity index (χ0n) is 20.4. The Morgan fingerprint density at radius 2 is 1.64 bits per heavy atom. The van der Waals surface area contributed by atoms with Crippen LogP contribution in [0.5, 0.6) is 0 Å². The van der Waals surface area contributed by atoms with Crippen LogP contribution in [0.15, 0.2) is 21.0 Å².